The van der Waals surface area contributed by atoms with Crippen LogP contribution in [-0.4, -0.2) is 28.8 Å². The van der Waals surface area contributed by atoms with E-state index in [9.17, 15) is 9.90 Å². The van der Waals surface area contributed by atoms with Crippen molar-refractivity contribution in [3.05, 3.63) is 83.4 Å². The van der Waals surface area contributed by atoms with Crippen LogP contribution in [0.5, 0.6) is 0 Å². The lowest BCUT2D eigenvalue weighted by molar-refractivity contribution is 0.0697. The number of hydrogen-bond acceptors (Lipinski definition) is 3. The largest absolute Gasteiger partial charge is 0.478 e. The molecule has 26 heavy (non-hydrogen) atoms. The third-order valence-electron chi connectivity index (χ3n) is 4.62. The lowest BCUT2D eigenvalue weighted by Crippen LogP contribution is -2.30. The first-order valence-electron chi connectivity index (χ1n) is 8.76. The maximum Gasteiger partial charge on any atom is 0.335 e. The highest BCUT2D eigenvalue weighted by Gasteiger charge is 2.12. The van der Waals surface area contributed by atoms with E-state index in [1.165, 1.54) is 16.3 Å². The third-order valence-corrected chi connectivity index (χ3v) is 4.62. The lowest BCUT2D eigenvalue weighted by Gasteiger charge is -2.19. The zero-order valence-electron chi connectivity index (χ0n) is 14.7. The molecule has 0 fully saturated rings. The topological polar surface area (TPSA) is 69.6 Å². The van der Waals surface area contributed by atoms with Crippen molar-refractivity contribution >= 4 is 16.7 Å². The van der Waals surface area contributed by atoms with Crippen molar-refractivity contribution in [3.8, 4) is 0 Å². The number of fused-ring (bicyclic) bond motifs is 1. The molecule has 2 atom stereocenters. The number of benzene rings is 3. The molecule has 0 aliphatic carbocycles. The van der Waals surface area contributed by atoms with Gasteiger partial charge in [0.2, 0.25) is 0 Å². The molecule has 2 unspecified atom stereocenters. The summed E-state index contributed by atoms with van der Waals surface area (Å²) >= 11 is 0. The van der Waals surface area contributed by atoms with Gasteiger partial charge < -0.3 is 15.5 Å². The van der Waals surface area contributed by atoms with Gasteiger partial charge in [-0.1, -0.05) is 54.6 Å². The Hall–Kier alpha value is -2.69. The smallest absolute Gasteiger partial charge is 0.335 e. The minimum absolute atomic E-state index is 0.116. The van der Waals surface area contributed by atoms with Gasteiger partial charge in [0.05, 0.1) is 11.7 Å². The normalized spacial score (nSPS) is 13.5. The molecule has 4 heteroatoms. The lowest BCUT2D eigenvalue weighted by atomic mass is 9.99. The molecule has 0 bridgehead atoms. The van der Waals surface area contributed by atoms with Crippen molar-refractivity contribution < 1.29 is 15.0 Å². The molecule has 134 valence electrons. The highest BCUT2D eigenvalue weighted by atomic mass is 16.4. The summed E-state index contributed by atoms with van der Waals surface area (Å²) in [6, 6.07) is 21.3. The van der Waals surface area contributed by atoms with Gasteiger partial charge in [-0.15, -0.1) is 0 Å². The van der Waals surface area contributed by atoms with Crippen LogP contribution in [-0.2, 0) is 6.42 Å². The molecule has 0 heterocycles. The van der Waals surface area contributed by atoms with E-state index in [-0.39, 0.29) is 11.6 Å². The summed E-state index contributed by atoms with van der Waals surface area (Å²) in [5.74, 6) is -0.942. The van der Waals surface area contributed by atoms with E-state index in [2.05, 4.69) is 42.6 Å². The first kappa shape index (κ1) is 18.1. The monoisotopic (exact) mass is 349 g/mol. The van der Waals surface area contributed by atoms with Crippen LogP contribution in [0.4, 0.5) is 0 Å². The zero-order chi connectivity index (χ0) is 18.5. The number of hydrogen-bond donors (Lipinski definition) is 3. The number of carboxylic acid groups (broad SMARTS) is 1. The number of nitrogens with one attached hydrogen (secondary N) is 1. The molecule has 3 rings (SSSR count). The first-order chi connectivity index (χ1) is 12.5. The van der Waals surface area contributed by atoms with E-state index in [0.29, 0.717) is 13.0 Å². The Bertz CT molecular complexity index is 884. The van der Waals surface area contributed by atoms with Crippen LogP contribution in [0.15, 0.2) is 66.7 Å². The summed E-state index contributed by atoms with van der Waals surface area (Å²) in [7, 11) is 0. The Morgan fingerprint density at radius 3 is 2.42 bits per heavy atom. The van der Waals surface area contributed by atoms with Crippen molar-refractivity contribution in [1.29, 1.82) is 0 Å². The van der Waals surface area contributed by atoms with Crippen LogP contribution < -0.4 is 5.32 Å². The molecule has 3 N–H and O–H groups in total. The minimum atomic E-state index is -0.942. The van der Waals surface area contributed by atoms with Crippen molar-refractivity contribution in [2.45, 2.75) is 25.5 Å². The molecule has 0 aromatic heterocycles. The SMILES string of the molecule is CC(NCC(O)Cc1ccc(C(=O)O)cc1)c1cccc2ccccc12. The van der Waals surface area contributed by atoms with E-state index < -0.39 is 12.1 Å². The molecular weight excluding hydrogens is 326 g/mol. The van der Waals surface area contributed by atoms with Gasteiger partial charge >= 0.3 is 5.97 Å². The predicted molar refractivity (Wildman–Crippen MR) is 103 cm³/mol. The third kappa shape index (κ3) is 4.28. The van der Waals surface area contributed by atoms with E-state index in [1.807, 2.05) is 12.1 Å². The Morgan fingerprint density at radius 1 is 1.00 bits per heavy atom. The highest BCUT2D eigenvalue weighted by molar-refractivity contribution is 5.87. The summed E-state index contributed by atoms with van der Waals surface area (Å²) in [6.07, 6.45) is -0.0575. The second kappa shape index (κ2) is 8.13. The number of rotatable bonds is 7. The molecule has 0 radical (unpaired) electrons. The minimum Gasteiger partial charge on any atom is -0.478 e. The van der Waals surface area contributed by atoms with E-state index in [4.69, 9.17) is 5.11 Å². The molecule has 0 spiro atoms. The van der Waals surface area contributed by atoms with Crippen molar-refractivity contribution in [1.82, 2.24) is 5.32 Å². The highest BCUT2D eigenvalue weighted by Crippen LogP contribution is 2.24. The molecule has 0 amide bonds. The summed E-state index contributed by atoms with van der Waals surface area (Å²) in [4.78, 5) is 10.9. The molecule has 4 nitrogen and oxygen atoms in total. The molecule has 0 saturated carbocycles. The van der Waals surface area contributed by atoms with E-state index in [1.54, 1.807) is 24.3 Å². The molecule has 3 aromatic rings. The zero-order valence-corrected chi connectivity index (χ0v) is 14.7. The van der Waals surface area contributed by atoms with Crippen molar-refractivity contribution in [2.24, 2.45) is 0 Å². The quantitative estimate of drug-likeness (QED) is 0.607. The van der Waals surface area contributed by atoms with Crippen LogP contribution in [0.1, 0.15) is 34.5 Å². The van der Waals surface area contributed by atoms with Crippen molar-refractivity contribution in [2.75, 3.05) is 6.54 Å². The number of carboxylic acids is 1. The molecule has 0 saturated heterocycles. The Balaban J connectivity index is 1.60. The fourth-order valence-corrected chi connectivity index (χ4v) is 3.18. The van der Waals surface area contributed by atoms with E-state index >= 15 is 0 Å². The van der Waals surface area contributed by atoms with Gasteiger partial charge in [0, 0.05) is 12.6 Å². The summed E-state index contributed by atoms with van der Waals surface area (Å²) in [5.41, 5.74) is 2.38. The van der Waals surface area contributed by atoms with Gasteiger partial charge in [0.1, 0.15) is 0 Å². The van der Waals surface area contributed by atoms with Crippen molar-refractivity contribution in [3.63, 3.8) is 0 Å². The Labute approximate surface area is 153 Å². The molecule has 0 aliphatic rings. The molecule has 3 aromatic carbocycles. The number of carbonyl (C=O) groups is 1. The predicted octanol–water partition coefficient (Wildman–Crippen LogP) is 3.79. The van der Waals surface area contributed by atoms with Crippen LogP contribution >= 0.6 is 0 Å². The number of aliphatic hydroxyl groups excluding tert-OH is 1. The first-order valence-corrected chi connectivity index (χ1v) is 8.76. The maximum atomic E-state index is 10.9. The average Bonchev–Trinajstić information content (AvgIpc) is 2.66. The fourth-order valence-electron chi connectivity index (χ4n) is 3.18. The van der Waals surface area contributed by atoms with Crippen LogP contribution in [0.25, 0.3) is 10.8 Å². The number of aromatic carboxylic acids is 1. The average molecular weight is 349 g/mol. The second-order valence-electron chi connectivity index (χ2n) is 6.56. The van der Waals surface area contributed by atoms with Gasteiger partial charge in [-0.3, -0.25) is 0 Å². The second-order valence-corrected chi connectivity index (χ2v) is 6.56. The van der Waals surface area contributed by atoms with Gasteiger partial charge in [-0.25, -0.2) is 4.79 Å². The molecular formula is C22H23NO3. The van der Waals surface area contributed by atoms with Gasteiger partial charge in [-0.2, -0.15) is 0 Å². The maximum absolute atomic E-state index is 10.9. The van der Waals surface area contributed by atoms with Crippen LogP contribution in [0.2, 0.25) is 0 Å². The number of aliphatic hydroxyl groups is 1. The van der Waals surface area contributed by atoms with Crippen LogP contribution in [0.3, 0.4) is 0 Å². The van der Waals surface area contributed by atoms with Gasteiger partial charge in [-0.05, 0) is 47.4 Å². The Kier molecular flexibility index (Phi) is 5.66. The van der Waals surface area contributed by atoms with Gasteiger partial charge in [0.15, 0.2) is 0 Å². The fraction of sp³-hybridized carbons (Fsp3) is 0.227. The van der Waals surface area contributed by atoms with Gasteiger partial charge in [0.25, 0.3) is 0 Å². The molecule has 0 aliphatic heterocycles. The standard InChI is InChI=1S/C22H23NO3/c1-15(20-8-4-6-17-5-2-3-7-21(17)20)23-14-19(24)13-16-9-11-18(12-10-16)22(25)26/h2-12,15,19,23-24H,13-14H2,1H3,(H,25,26). The summed E-state index contributed by atoms with van der Waals surface area (Å²) in [6.45, 7) is 2.56. The van der Waals surface area contributed by atoms with Crippen LogP contribution in [0, 0.1) is 0 Å². The summed E-state index contributed by atoms with van der Waals surface area (Å²) in [5, 5.41) is 25.1. The summed E-state index contributed by atoms with van der Waals surface area (Å²) < 4.78 is 0. The Morgan fingerprint density at radius 2 is 1.69 bits per heavy atom. The van der Waals surface area contributed by atoms with E-state index in [0.717, 1.165) is 5.56 Å².